The summed E-state index contributed by atoms with van der Waals surface area (Å²) in [7, 11) is 1.81. The van der Waals surface area contributed by atoms with E-state index in [1.807, 2.05) is 39.1 Å². The highest BCUT2D eigenvalue weighted by molar-refractivity contribution is 5.76. The fourth-order valence-corrected chi connectivity index (χ4v) is 3.34. The van der Waals surface area contributed by atoms with Gasteiger partial charge in [0.05, 0.1) is 0 Å². The maximum atomic E-state index is 12.6. The second-order valence-electron chi connectivity index (χ2n) is 6.67. The Kier molecular flexibility index (Phi) is 4.39. The van der Waals surface area contributed by atoms with E-state index in [1.165, 1.54) is 6.33 Å². The van der Waals surface area contributed by atoms with Crippen LogP contribution in [0.4, 0.5) is 0 Å². The number of ether oxygens (including phenoxy) is 2. The van der Waals surface area contributed by atoms with Crippen molar-refractivity contribution < 1.29 is 14.3 Å². The summed E-state index contributed by atoms with van der Waals surface area (Å²) in [5.74, 6) is 2.13. The van der Waals surface area contributed by atoms with E-state index in [4.69, 9.17) is 9.47 Å². The van der Waals surface area contributed by atoms with Crippen molar-refractivity contribution in [1.29, 1.82) is 0 Å². The first-order valence-corrected chi connectivity index (χ1v) is 8.81. The summed E-state index contributed by atoms with van der Waals surface area (Å²) in [5, 5.41) is 4.19. The van der Waals surface area contributed by atoms with Gasteiger partial charge in [-0.25, -0.2) is 9.50 Å². The summed E-state index contributed by atoms with van der Waals surface area (Å²) in [6, 6.07) is 5.75. The first kappa shape index (κ1) is 17.3. The molecule has 27 heavy (non-hydrogen) atoms. The Balaban J connectivity index is 1.42. The van der Waals surface area contributed by atoms with Crippen LogP contribution in [0.2, 0.25) is 0 Å². The lowest BCUT2D eigenvalue weighted by Gasteiger charge is -2.18. The van der Waals surface area contributed by atoms with Crippen molar-refractivity contribution in [3.8, 4) is 11.5 Å². The lowest BCUT2D eigenvalue weighted by Crippen LogP contribution is -2.26. The van der Waals surface area contributed by atoms with Crippen molar-refractivity contribution in [1.82, 2.24) is 24.5 Å². The predicted octanol–water partition coefficient (Wildman–Crippen LogP) is 2.06. The highest BCUT2D eigenvalue weighted by atomic mass is 16.7. The molecule has 2 aromatic heterocycles. The summed E-state index contributed by atoms with van der Waals surface area (Å²) in [4.78, 5) is 22.9. The van der Waals surface area contributed by atoms with Crippen LogP contribution >= 0.6 is 0 Å². The van der Waals surface area contributed by atoms with Gasteiger partial charge in [-0.15, -0.1) is 0 Å². The minimum atomic E-state index is 0.0742. The van der Waals surface area contributed by atoms with Crippen LogP contribution in [0.1, 0.15) is 28.9 Å². The number of fused-ring (bicyclic) bond motifs is 2. The molecule has 1 aliphatic heterocycles. The largest absolute Gasteiger partial charge is 0.454 e. The van der Waals surface area contributed by atoms with E-state index in [-0.39, 0.29) is 12.7 Å². The molecular formula is C19H21N5O3. The number of carbonyl (C=O) groups is 1. The van der Waals surface area contributed by atoms with E-state index in [9.17, 15) is 4.79 Å². The first-order valence-electron chi connectivity index (χ1n) is 8.81. The number of carbonyl (C=O) groups excluding carboxylic acids is 1. The number of amides is 1. The molecule has 0 aliphatic carbocycles. The average Bonchev–Trinajstić information content (AvgIpc) is 3.29. The Morgan fingerprint density at radius 1 is 1.26 bits per heavy atom. The quantitative estimate of drug-likeness (QED) is 0.687. The SMILES string of the molecule is Cc1nc2ncnn2c(C)c1CCC(=O)N(C)Cc1ccc2c(c1)OCO2. The third kappa shape index (κ3) is 3.30. The molecule has 0 atom stereocenters. The van der Waals surface area contributed by atoms with E-state index in [1.54, 1.807) is 9.42 Å². The zero-order valence-corrected chi connectivity index (χ0v) is 15.6. The molecule has 0 saturated heterocycles. The molecule has 8 nitrogen and oxygen atoms in total. The lowest BCUT2D eigenvalue weighted by molar-refractivity contribution is -0.130. The van der Waals surface area contributed by atoms with Crippen LogP contribution in [0, 0.1) is 13.8 Å². The van der Waals surface area contributed by atoms with Crippen LogP contribution in [-0.4, -0.2) is 44.2 Å². The van der Waals surface area contributed by atoms with Gasteiger partial charge < -0.3 is 14.4 Å². The second kappa shape index (κ2) is 6.86. The second-order valence-corrected chi connectivity index (χ2v) is 6.67. The van der Waals surface area contributed by atoms with Crippen molar-refractivity contribution in [3.05, 3.63) is 47.0 Å². The molecule has 0 bridgehead atoms. The van der Waals surface area contributed by atoms with Gasteiger partial charge in [-0.2, -0.15) is 10.1 Å². The van der Waals surface area contributed by atoms with Gasteiger partial charge in [-0.3, -0.25) is 4.79 Å². The van der Waals surface area contributed by atoms with Crippen LogP contribution < -0.4 is 9.47 Å². The molecule has 1 amide bonds. The monoisotopic (exact) mass is 367 g/mol. The van der Waals surface area contributed by atoms with Crippen molar-refractivity contribution in [3.63, 3.8) is 0 Å². The van der Waals surface area contributed by atoms with E-state index in [0.29, 0.717) is 25.2 Å². The number of aryl methyl sites for hydroxylation is 2. The van der Waals surface area contributed by atoms with Gasteiger partial charge in [-0.05, 0) is 43.5 Å². The number of nitrogens with zero attached hydrogens (tertiary/aromatic N) is 5. The summed E-state index contributed by atoms with van der Waals surface area (Å²) < 4.78 is 12.4. The van der Waals surface area contributed by atoms with Crippen LogP contribution in [-0.2, 0) is 17.8 Å². The molecule has 0 fully saturated rings. The van der Waals surface area contributed by atoms with Crippen molar-refractivity contribution in [2.24, 2.45) is 0 Å². The summed E-state index contributed by atoms with van der Waals surface area (Å²) >= 11 is 0. The first-order chi connectivity index (χ1) is 13.0. The van der Waals surface area contributed by atoms with Crippen LogP contribution in [0.5, 0.6) is 11.5 Å². The highest BCUT2D eigenvalue weighted by Crippen LogP contribution is 2.32. The fraction of sp³-hybridized carbons (Fsp3) is 0.368. The zero-order valence-electron chi connectivity index (χ0n) is 15.6. The molecule has 0 spiro atoms. The highest BCUT2D eigenvalue weighted by Gasteiger charge is 2.17. The summed E-state index contributed by atoms with van der Waals surface area (Å²) in [6.45, 7) is 4.69. The molecule has 1 aromatic carbocycles. The Morgan fingerprint density at radius 3 is 2.93 bits per heavy atom. The van der Waals surface area contributed by atoms with Crippen molar-refractivity contribution in [2.45, 2.75) is 33.2 Å². The molecule has 0 saturated carbocycles. The molecule has 0 unspecified atom stereocenters. The summed E-state index contributed by atoms with van der Waals surface area (Å²) in [6.07, 6.45) is 2.51. The topological polar surface area (TPSA) is 81.9 Å². The normalized spacial score (nSPS) is 12.6. The Labute approximate surface area is 156 Å². The van der Waals surface area contributed by atoms with E-state index in [0.717, 1.165) is 34.0 Å². The third-order valence-electron chi connectivity index (χ3n) is 4.86. The number of benzene rings is 1. The van der Waals surface area contributed by atoms with Gasteiger partial charge in [0.15, 0.2) is 11.5 Å². The maximum Gasteiger partial charge on any atom is 0.252 e. The molecule has 0 N–H and O–H groups in total. The zero-order chi connectivity index (χ0) is 19.0. The van der Waals surface area contributed by atoms with Gasteiger partial charge in [-0.1, -0.05) is 6.07 Å². The van der Waals surface area contributed by atoms with Crippen LogP contribution in [0.3, 0.4) is 0 Å². The number of hydrogen-bond donors (Lipinski definition) is 0. The number of hydrogen-bond acceptors (Lipinski definition) is 6. The maximum absolute atomic E-state index is 12.6. The van der Waals surface area contributed by atoms with Crippen LogP contribution in [0.25, 0.3) is 5.78 Å². The van der Waals surface area contributed by atoms with Gasteiger partial charge in [0.2, 0.25) is 12.7 Å². The predicted molar refractivity (Wildman–Crippen MR) is 97.6 cm³/mol. The van der Waals surface area contributed by atoms with Gasteiger partial charge in [0.25, 0.3) is 5.78 Å². The Morgan fingerprint density at radius 2 is 2.07 bits per heavy atom. The third-order valence-corrected chi connectivity index (χ3v) is 4.86. The molecule has 4 rings (SSSR count). The smallest absolute Gasteiger partial charge is 0.252 e. The van der Waals surface area contributed by atoms with E-state index in [2.05, 4.69) is 15.1 Å². The minimum absolute atomic E-state index is 0.0742. The van der Waals surface area contributed by atoms with E-state index >= 15 is 0 Å². The Hall–Kier alpha value is -3.16. The van der Waals surface area contributed by atoms with Gasteiger partial charge >= 0.3 is 0 Å². The van der Waals surface area contributed by atoms with Gasteiger partial charge in [0, 0.05) is 31.4 Å². The minimum Gasteiger partial charge on any atom is -0.454 e. The van der Waals surface area contributed by atoms with Crippen molar-refractivity contribution >= 4 is 11.7 Å². The molecular weight excluding hydrogens is 346 g/mol. The lowest BCUT2D eigenvalue weighted by atomic mass is 10.1. The number of aromatic nitrogens is 4. The Bertz CT molecular complexity index is 1010. The molecule has 1 aliphatic rings. The molecule has 3 heterocycles. The molecule has 140 valence electrons. The van der Waals surface area contributed by atoms with Crippen molar-refractivity contribution in [2.75, 3.05) is 13.8 Å². The number of rotatable bonds is 5. The average molecular weight is 367 g/mol. The molecule has 3 aromatic rings. The van der Waals surface area contributed by atoms with Crippen LogP contribution in [0.15, 0.2) is 24.5 Å². The fourth-order valence-electron chi connectivity index (χ4n) is 3.34. The van der Waals surface area contributed by atoms with Gasteiger partial charge in [0.1, 0.15) is 6.33 Å². The summed E-state index contributed by atoms with van der Waals surface area (Å²) in [5.41, 5.74) is 3.91. The molecule has 0 radical (unpaired) electrons. The molecule has 8 heteroatoms. The van der Waals surface area contributed by atoms with E-state index < -0.39 is 0 Å². The standard InChI is InChI=1S/C19H21N5O3/c1-12-15(13(2)24-19(22-12)20-10-21-24)5-7-18(25)23(3)9-14-4-6-16-17(8-14)27-11-26-16/h4,6,8,10H,5,7,9,11H2,1-3H3.